The summed E-state index contributed by atoms with van der Waals surface area (Å²) in [6.45, 7) is 1.93. The van der Waals surface area contributed by atoms with Crippen molar-refractivity contribution in [3.8, 4) is 33.8 Å². The number of phenols is 2. The largest absolute Gasteiger partial charge is 0.507 e. The highest BCUT2D eigenvalue weighted by molar-refractivity contribution is 7.93. The molecule has 4 aromatic rings. The lowest BCUT2D eigenvalue weighted by Crippen LogP contribution is -2.45. The Labute approximate surface area is 361 Å². The summed E-state index contributed by atoms with van der Waals surface area (Å²) in [5, 5.41) is 26.6. The molecule has 0 aliphatic carbocycles. The Kier molecular flexibility index (Phi) is 15.8. The number of unbranched alkanes of at least 4 members (excludes halogenated alkanes) is 1. The van der Waals surface area contributed by atoms with Gasteiger partial charge in [-0.05, 0) is 90.9 Å². The molecule has 61 heavy (non-hydrogen) atoms. The van der Waals surface area contributed by atoms with E-state index in [1.165, 1.54) is 42.3 Å². The number of aromatic hydroxyl groups is 2. The first kappa shape index (κ1) is 46.4. The lowest BCUT2D eigenvalue weighted by Gasteiger charge is -2.32. The Balaban J connectivity index is 1.48. The van der Waals surface area contributed by atoms with Gasteiger partial charge in [0.25, 0.3) is 0 Å². The smallest absolute Gasteiger partial charge is 0.226 e. The van der Waals surface area contributed by atoms with E-state index < -0.39 is 51.4 Å². The molecule has 0 unspecified atom stereocenters. The lowest BCUT2D eigenvalue weighted by molar-refractivity contribution is -0.142. The van der Waals surface area contributed by atoms with Crippen molar-refractivity contribution in [2.45, 2.75) is 70.4 Å². The number of amides is 2. The summed E-state index contributed by atoms with van der Waals surface area (Å²) in [7, 11) is -1.94. The molecular formula is C47H52ClN3O9S. The number of allylic oxidation sites excluding steroid dienone is 1. The number of fused-ring (bicyclic) bond motifs is 5. The molecule has 14 heteroatoms. The number of hydrogen-bond acceptors (Lipinski definition) is 10. The normalized spacial score (nSPS) is 17.6. The van der Waals surface area contributed by atoms with Crippen molar-refractivity contribution >= 4 is 50.6 Å². The SMILES string of the molecule is C[C@@H]1CC(=O)[C@@H](N(C)C(=O)[C@H](CCCCN)CC(=O)c2ccc(-c3ccc(Cl)cc3)cc2)c2ccc(O)c(c2)-c2cc(ccc2O)C[C@@H](C(=O)CC/C=C/S(C)(=O)=O)NC1=O. The minimum absolute atomic E-state index is 0.00534. The van der Waals surface area contributed by atoms with Gasteiger partial charge < -0.3 is 26.2 Å². The van der Waals surface area contributed by atoms with E-state index in [1.807, 2.05) is 24.3 Å². The van der Waals surface area contributed by atoms with Gasteiger partial charge in [0.15, 0.2) is 27.2 Å². The number of nitrogens with one attached hydrogen (secondary N) is 1. The summed E-state index contributed by atoms with van der Waals surface area (Å²) in [6.07, 6.45) is 3.41. The summed E-state index contributed by atoms with van der Waals surface area (Å²) in [5.74, 6) is -4.43. The average molecular weight is 870 g/mol. The number of hydrogen-bond donors (Lipinski definition) is 4. The number of nitrogens with zero attached hydrogens (tertiary/aromatic N) is 1. The molecule has 1 heterocycles. The second-order valence-electron chi connectivity index (χ2n) is 15.7. The summed E-state index contributed by atoms with van der Waals surface area (Å²) >= 11 is 6.05. The zero-order valence-electron chi connectivity index (χ0n) is 34.5. The van der Waals surface area contributed by atoms with Gasteiger partial charge in [0.1, 0.15) is 17.5 Å². The lowest BCUT2D eigenvalue weighted by atomic mass is 9.87. The van der Waals surface area contributed by atoms with Crippen LogP contribution in [0, 0.1) is 11.8 Å². The predicted octanol–water partition coefficient (Wildman–Crippen LogP) is 7.15. The van der Waals surface area contributed by atoms with Gasteiger partial charge in [0.2, 0.25) is 11.8 Å². The molecule has 4 aromatic carbocycles. The van der Waals surface area contributed by atoms with Crippen molar-refractivity contribution < 1.29 is 42.6 Å². The highest BCUT2D eigenvalue weighted by Gasteiger charge is 2.36. The Bertz CT molecular complexity index is 2400. The van der Waals surface area contributed by atoms with Gasteiger partial charge in [-0.3, -0.25) is 24.0 Å². The van der Waals surface area contributed by atoms with Crippen LogP contribution in [0.2, 0.25) is 5.02 Å². The number of halogens is 1. The van der Waals surface area contributed by atoms with Crippen LogP contribution >= 0.6 is 11.6 Å². The third-order valence-electron chi connectivity index (χ3n) is 10.9. The van der Waals surface area contributed by atoms with Crippen LogP contribution in [0.5, 0.6) is 11.5 Å². The van der Waals surface area contributed by atoms with Crippen molar-refractivity contribution in [3.63, 3.8) is 0 Å². The molecule has 5 N–H and O–H groups in total. The van der Waals surface area contributed by atoms with Gasteiger partial charge in [-0.25, -0.2) is 8.42 Å². The number of sulfone groups is 1. The second-order valence-corrected chi connectivity index (χ2v) is 18.1. The molecule has 2 amide bonds. The van der Waals surface area contributed by atoms with Gasteiger partial charge in [-0.1, -0.05) is 79.6 Å². The standard InChI is InChI=1S/C47H52ClN3O9S/c1-29-24-44(56)45(51(2)47(58)35(8-4-6-22-49)28-43(55)33-13-11-31(12-14-33)32-15-18-36(48)19-16-32)34-17-21-41(53)38(27-34)37-25-30(10-20-40(37)52)26-39(50-46(29)57)42(54)9-5-7-23-61(3,59)60/h7,10-21,23,25,27,29,35,39,45,52-53H,4-6,8-9,22,24,26,28,49H2,1-3H3,(H,50,57)/b23-7+/t29-,35-,39+,45+/m1/s1. The first-order valence-corrected chi connectivity index (χ1v) is 22.5. The Morgan fingerprint density at radius 2 is 1.52 bits per heavy atom. The zero-order valence-corrected chi connectivity index (χ0v) is 36.0. The topological polar surface area (TPSA) is 201 Å². The third-order valence-corrected chi connectivity index (χ3v) is 11.8. The maximum Gasteiger partial charge on any atom is 0.226 e. The number of ketones is 3. The van der Waals surface area contributed by atoms with Crippen molar-refractivity contribution in [1.29, 1.82) is 0 Å². The second kappa shape index (κ2) is 20.8. The Hall–Kier alpha value is -5.63. The predicted molar refractivity (Wildman–Crippen MR) is 236 cm³/mol. The van der Waals surface area contributed by atoms with E-state index in [-0.39, 0.29) is 66.3 Å². The molecule has 12 nitrogen and oxygen atoms in total. The van der Waals surface area contributed by atoms with Crippen LogP contribution in [0.1, 0.15) is 79.4 Å². The molecule has 0 fully saturated rings. The summed E-state index contributed by atoms with van der Waals surface area (Å²) in [6, 6.07) is 21.0. The maximum absolute atomic E-state index is 14.6. The summed E-state index contributed by atoms with van der Waals surface area (Å²) in [5.41, 5.74) is 9.21. The quantitative estimate of drug-likeness (QED) is 0.0703. The molecule has 322 valence electrons. The average Bonchev–Trinajstić information content (AvgIpc) is 3.22. The van der Waals surface area contributed by atoms with Crippen LogP contribution in [-0.4, -0.2) is 78.6 Å². The first-order valence-electron chi connectivity index (χ1n) is 20.2. The van der Waals surface area contributed by atoms with Crippen LogP contribution in [0.3, 0.4) is 0 Å². The van der Waals surface area contributed by atoms with Crippen molar-refractivity contribution in [3.05, 3.63) is 118 Å². The van der Waals surface area contributed by atoms with Gasteiger partial charge in [-0.2, -0.15) is 0 Å². The molecule has 0 radical (unpaired) electrons. The van der Waals surface area contributed by atoms with E-state index in [4.69, 9.17) is 17.3 Å². The molecule has 4 bridgehead atoms. The molecule has 5 rings (SSSR count). The van der Waals surface area contributed by atoms with E-state index in [0.717, 1.165) is 22.8 Å². The van der Waals surface area contributed by atoms with E-state index in [2.05, 4.69) is 5.32 Å². The van der Waals surface area contributed by atoms with E-state index in [1.54, 1.807) is 43.3 Å². The Morgan fingerprint density at radius 1 is 0.902 bits per heavy atom. The highest BCUT2D eigenvalue weighted by atomic mass is 35.5. The van der Waals surface area contributed by atoms with E-state index in [9.17, 15) is 42.6 Å². The number of benzene rings is 4. The van der Waals surface area contributed by atoms with Crippen LogP contribution < -0.4 is 11.1 Å². The van der Waals surface area contributed by atoms with Crippen molar-refractivity contribution in [2.24, 2.45) is 17.6 Å². The number of nitrogens with two attached hydrogens (primary N) is 1. The van der Waals surface area contributed by atoms with Crippen LogP contribution in [-0.2, 0) is 35.4 Å². The number of likely N-dealkylation sites (N-methyl/N-ethyl adjacent to an activating group) is 1. The molecule has 0 spiro atoms. The number of Topliss-reactive ketones (excluding diaryl/α,β-unsaturated/α-hetero) is 3. The molecule has 1 aliphatic heterocycles. The zero-order chi connectivity index (χ0) is 44.4. The van der Waals surface area contributed by atoms with Gasteiger partial charge in [0, 0.05) is 71.5 Å². The number of carbonyl (C=O) groups excluding carboxylic acids is 5. The van der Waals surface area contributed by atoms with Crippen molar-refractivity contribution in [1.82, 2.24) is 10.2 Å². The number of rotatable bonds is 15. The fourth-order valence-electron chi connectivity index (χ4n) is 7.53. The van der Waals surface area contributed by atoms with E-state index >= 15 is 0 Å². The Morgan fingerprint density at radius 3 is 2.16 bits per heavy atom. The number of phenolic OH excluding ortho intramolecular Hbond substituents is 2. The molecule has 0 saturated carbocycles. The fraction of sp³-hybridized carbons (Fsp3) is 0.340. The third kappa shape index (κ3) is 12.5. The highest BCUT2D eigenvalue weighted by Crippen LogP contribution is 2.40. The molecule has 0 saturated heterocycles. The summed E-state index contributed by atoms with van der Waals surface area (Å²) < 4.78 is 23.1. The minimum atomic E-state index is -3.41. The minimum Gasteiger partial charge on any atom is -0.507 e. The van der Waals surface area contributed by atoms with Crippen LogP contribution in [0.15, 0.2) is 96.4 Å². The van der Waals surface area contributed by atoms with Gasteiger partial charge in [0.05, 0.1) is 6.04 Å². The van der Waals surface area contributed by atoms with Gasteiger partial charge in [-0.15, -0.1) is 0 Å². The first-order chi connectivity index (χ1) is 28.9. The molecule has 0 aromatic heterocycles. The van der Waals surface area contributed by atoms with Crippen molar-refractivity contribution in [2.75, 3.05) is 19.8 Å². The monoisotopic (exact) mass is 869 g/mol. The summed E-state index contributed by atoms with van der Waals surface area (Å²) in [4.78, 5) is 71.4. The molecular weight excluding hydrogens is 818 g/mol. The van der Waals surface area contributed by atoms with Crippen LogP contribution in [0.4, 0.5) is 0 Å². The van der Waals surface area contributed by atoms with Gasteiger partial charge >= 0.3 is 0 Å². The van der Waals surface area contributed by atoms with E-state index in [0.29, 0.717) is 47.5 Å². The maximum atomic E-state index is 14.6. The molecule has 1 aliphatic rings. The molecule has 4 atom stereocenters. The van der Waals surface area contributed by atoms with Crippen LogP contribution in [0.25, 0.3) is 22.3 Å². The number of carbonyl (C=O) groups is 5. The fourth-order valence-corrected chi connectivity index (χ4v) is 8.14.